The molecule has 3 nitrogen and oxygen atoms in total. The fraction of sp³-hybridized carbons (Fsp3) is 0.600. The summed E-state index contributed by atoms with van der Waals surface area (Å²) in [4.78, 5) is 0. The van der Waals surface area contributed by atoms with Crippen LogP contribution >= 0.6 is 0 Å². The molecule has 0 spiro atoms. The molecule has 1 N–H and O–H groups in total. The molecule has 108 valence electrons. The van der Waals surface area contributed by atoms with Gasteiger partial charge in [0, 0.05) is 39.8 Å². The van der Waals surface area contributed by atoms with Gasteiger partial charge in [-0.15, -0.1) is 0 Å². The molecule has 0 radical (unpaired) electrons. The SMILES string of the molecule is COCCNCC(c1ccc(F)cc1)C(C)COC. The van der Waals surface area contributed by atoms with Crippen LogP contribution in [0.3, 0.4) is 0 Å². The highest BCUT2D eigenvalue weighted by molar-refractivity contribution is 5.21. The molecule has 0 aromatic heterocycles. The third-order valence-corrected chi connectivity index (χ3v) is 3.26. The van der Waals surface area contributed by atoms with Crippen molar-refractivity contribution in [3.63, 3.8) is 0 Å². The lowest BCUT2D eigenvalue weighted by Crippen LogP contribution is -2.29. The average Bonchev–Trinajstić information content (AvgIpc) is 2.40. The maximum atomic E-state index is 13.0. The second-order valence-corrected chi connectivity index (χ2v) is 4.79. The highest BCUT2D eigenvalue weighted by Gasteiger charge is 2.19. The van der Waals surface area contributed by atoms with Crippen molar-refractivity contribution in [1.82, 2.24) is 5.32 Å². The Morgan fingerprint density at radius 3 is 2.42 bits per heavy atom. The van der Waals surface area contributed by atoms with E-state index < -0.39 is 0 Å². The van der Waals surface area contributed by atoms with Crippen LogP contribution in [0.15, 0.2) is 24.3 Å². The number of methoxy groups -OCH3 is 2. The number of benzene rings is 1. The van der Waals surface area contributed by atoms with Crippen molar-refractivity contribution >= 4 is 0 Å². The highest BCUT2D eigenvalue weighted by Crippen LogP contribution is 2.24. The van der Waals surface area contributed by atoms with Crippen LogP contribution in [0.4, 0.5) is 4.39 Å². The monoisotopic (exact) mass is 269 g/mol. The van der Waals surface area contributed by atoms with Crippen LogP contribution in [0.5, 0.6) is 0 Å². The normalized spacial score (nSPS) is 14.3. The van der Waals surface area contributed by atoms with Crippen LogP contribution < -0.4 is 5.32 Å². The largest absolute Gasteiger partial charge is 0.384 e. The van der Waals surface area contributed by atoms with Gasteiger partial charge in [0.1, 0.15) is 5.82 Å². The Labute approximate surface area is 115 Å². The van der Waals surface area contributed by atoms with Gasteiger partial charge in [0.2, 0.25) is 0 Å². The van der Waals surface area contributed by atoms with Crippen LogP contribution in [0, 0.1) is 11.7 Å². The highest BCUT2D eigenvalue weighted by atomic mass is 19.1. The summed E-state index contributed by atoms with van der Waals surface area (Å²) in [6, 6.07) is 6.72. The summed E-state index contributed by atoms with van der Waals surface area (Å²) < 4.78 is 23.2. The first-order valence-corrected chi connectivity index (χ1v) is 6.63. The van der Waals surface area contributed by atoms with Gasteiger partial charge in [0.15, 0.2) is 0 Å². The first-order valence-electron chi connectivity index (χ1n) is 6.63. The van der Waals surface area contributed by atoms with E-state index in [0.717, 1.165) is 18.7 Å². The van der Waals surface area contributed by atoms with Gasteiger partial charge in [-0.3, -0.25) is 0 Å². The van der Waals surface area contributed by atoms with Crippen LogP contribution in [-0.4, -0.2) is 40.5 Å². The van der Waals surface area contributed by atoms with Crippen molar-refractivity contribution < 1.29 is 13.9 Å². The summed E-state index contributed by atoms with van der Waals surface area (Å²) in [5.41, 5.74) is 1.14. The van der Waals surface area contributed by atoms with Crippen molar-refractivity contribution in [2.75, 3.05) is 40.5 Å². The molecule has 1 rings (SSSR count). The molecule has 4 heteroatoms. The molecule has 0 saturated heterocycles. The molecule has 2 unspecified atom stereocenters. The molecular formula is C15H24FNO2. The average molecular weight is 269 g/mol. The first kappa shape index (κ1) is 16.1. The third kappa shape index (κ3) is 5.68. The Bertz CT molecular complexity index is 343. The molecule has 0 aliphatic heterocycles. The summed E-state index contributed by atoms with van der Waals surface area (Å²) in [5, 5.41) is 3.36. The Balaban J connectivity index is 2.65. The number of nitrogens with one attached hydrogen (secondary N) is 1. The standard InChI is InChI=1S/C15H24FNO2/c1-12(11-19-3)15(10-17-8-9-18-2)13-4-6-14(16)7-5-13/h4-7,12,15,17H,8-11H2,1-3H3. The van der Waals surface area contributed by atoms with E-state index >= 15 is 0 Å². The zero-order valence-corrected chi connectivity index (χ0v) is 12.0. The zero-order valence-electron chi connectivity index (χ0n) is 12.0. The molecule has 0 heterocycles. The second kappa shape index (κ2) is 9.02. The Morgan fingerprint density at radius 2 is 1.84 bits per heavy atom. The Hall–Kier alpha value is -0.970. The number of hydrogen-bond donors (Lipinski definition) is 1. The van der Waals surface area contributed by atoms with Gasteiger partial charge in [0.05, 0.1) is 6.61 Å². The quantitative estimate of drug-likeness (QED) is 0.698. The van der Waals surface area contributed by atoms with Gasteiger partial charge in [-0.1, -0.05) is 19.1 Å². The lowest BCUT2D eigenvalue weighted by molar-refractivity contribution is 0.144. The Kier molecular flexibility index (Phi) is 7.63. The van der Waals surface area contributed by atoms with Gasteiger partial charge in [-0.05, 0) is 23.6 Å². The molecule has 0 fully saturated rings. The van der Waals surface area contributed by atoms with Crippen molar-refractivity contribution in [2.24, 2.45) is 5.92 Å². The van der Waals surface area contributed by atoms with Gasteiger partial charge in [-0.2, -0.15) is 0 Å². The molecule has 0 aliphatic carbocycles. The number of hydrogen-bond acceptors (Lipinski definition) is 3. The summed E-state index contributed by atoms with van der Waals surface area (Å²) in [6.07, 6.45) is 0. The van der Waals surface area contributed by atoms with Crippen LogP contribution in [-0.2, 0) is 9.47 Å². The number of halogens is 1. The lowest BCUT2D eigenvalue weighted by Gasteiger charge is -2.24. The van der Waals surface area contributed by atoms with Gasteiger partial charge in [0.25, 0.3) is 0 Å². The molecule has 0 bridgehead atoms. The van der Waals surface area contributed by atoms with E-state index in [1.54, 1.807) is 14.2 Å². The maximum Gasteiger partial charge on any atom is 0.123 e. The van der Waals surface area contributed by atoms with E-state index in [0.29, 0.717) is 25.0 Å². The topological polar surface area (TPSA) is 30.5 Å². The summed E-state index contributed by atoms with van der Waals surface area (Å²) >= 11 is 0. The van der Waals surface area contributed by atoms with Crippen molar-refractivity contribution in [2.45, 2.75) is 12.8 Å². The molecule has 0 amide bonds. The molecule has 2 atom stereocenters. The van der Waals surface area contributed by atoms with Gasteiger partial charge < -0.3 is 14.8 Å². The predicted octanol–water partition coefficient (Wildman–Crippen LogP) is 2.43. The van der Waals surface area contributed by atoms with Crippen LogP contribution in [0.25, 0.3) is 0 Å². The van der Waals surface area contributed by atoms with Gasteiger partial charge in [-0.25, -0.2) is 4.39 Å². The van der Waals surface area contributed by atoms with Gasteiger partial charge >= 0.3 is 0 Å². The molecule has 1 aromatic carbocycles. The molecule has 19 heavy (non-hydrogen) atoms. The summed E-state index contributed by atoms with van der Waals surface area (Å²) in [7, 11) is 3.39. The first-order chi connectivity index (χ1) is 9.19. The van der Waals surface area contributed by atoms with E-state index in [-0.39, 0.29) is 5.82 Å². The van der Waals surface area contributed by atoms with E-state index in [2.05, 4.69) is 12.2 Å². The third-order valence-electron chi connectivity index (χ3n) is 3.26. The van der Waals surface area contributed by atoms with Crippen molar-refractivity contribution in [3.8, 4) is 0 Å². The van der Waals surface area contributed by atoms with E-state index in [1.807, 2.05) is 12.1 Å². The zero-order chi connectivity index (χ0) is 14.1. The smallest absolute Gasteiger partial charge is 0.123 e. The van der Waals surface area contributed by atoms with Crippen LogP contribution in [0.2, 0.25) is 0 Å². The molecule has 0 saturated carbocycles. The minimum absolute atomic E-state index is 0.200. The van der Waals surface area contributed by atoms with E-state index in [9.17, 15) is 4.39 Å². The van der Waals surface area contributed by atoms with E-state index in [4.69, 9.17) is 9.47 Å². The second-order valence-electron chi connectivity index (χ2n) is 4.79. The minimum atomic E-state index is -0.200. The molecule has 0 aliphatic rings. The maximum absolute atomic E-state index is 13.0. The Morgan fingerprint density at radius 1 is 1.16 bits per heavy atom. The number of rotatable bonds is 9. The fourth-order valence-corrected chi connectivity index (χ4v) is 2.17. The van der Waals surface area contributed by atoms with Crippen LogP contribution in [0.1, 0.15) is 18.4 Å². The summed E-state index contributed by atoms with van der Waals surface area (Å²) in [5.74, 6) is 0.470. The number of ether oxygens (including phenoxy) is 2. The predicted molar refractivity (Wildman–Crippen MR) is 74.9 cm³/mol. The fourth-order valence-electron chi connectivity index (χ4n) is 2.17. The minimum Gasteiger partial charge on any atom is -0.384 e. The molecule has 1 aromatic rings. The van der Waals surface area contributed by atoms with Crippen molar-refractivity contribution in [1.29, 1.82) is 0 Å². The van der Waals surface area contributed by atoms with Crippen molar-refractivity contribution in [3.05, 3.63) is 35.6 Å². The molecular weight excluding hydrogens is 245 g/mol. The summed E-state index contributed by atoms with van der Waals surface area (Å²) in [6.45, 7) is 5.17. The van der Waals surface area contributed by atoms with E-state index in [1.165, 1.54) is 12.1 Å². The lowest BCUT2D eigenvalue weighted by atomic mass is 9.87.